The van der Waals surface area contributed by atoms with Crippen molar-refractivity contribution in [2.75, 3.05) is 6.61 Å². The highest BCUT2D eigenvalue weighted by Crippen LogP contribution is 2.21. The highest BCUT2D eigenvalue weighted by atomic mass is 28.4. The summed E-state index contributed by atoms with van der Waals surface area (Å²) in [4.78, 5) is 0. The molecule has 0 saturated carbocycles. The number of rotatable bonds is 2. The highest BCUT2D eigenvalue weighted by Gasteiger charge is 2.24. The molecule has 1 unspecified atom stereocenters. The first-order chi connectivity index (χ1) is 7.66. The molecule has 1 aromatic rings. The first-order valence-electron chi connectivity index (χ1n) is 6.00. The van der Waals surface area contributed by atoms with E-state index >= 15 is 0 Å². The Balaban J connectivity index is 1.97. The number of hydrogen-bond donors (Lipinski definition) is 0. The van der Waals surface area contributed by atoms with Crippen molar-refractivity contribution in [2.45, 2.75) is 25.6 Å². The Labute approximate surface area is 99.3 Å². The molecule has 1 nitrogen and oxygen atoms in total. The standard InChI is InChI=1S/C14H20OSi/c1-16(2)10-6-9-14(12-15-16)11-13-7-4-3-5-8-13/h3-9,14H,10-12H2,1-2H3. The van der Waals surface area contributed by atoms with E-state index in [4.69, 9.17) is 4.43 Å². The van der Waals surface area contributed by atoms with Crippen LogP contribution < -0.4 is 0 Å². The smallest absolute Gasteiger partial charge is 0.190 e. The first-order valence-corrected chi connectivity index (χ1v) is 9.12. The molecule has 1 atom stereocenters. The second-order valence-electron chi connectivity index (χ2n) is 5.15. The summed E-state index contributed by atoms with van der Waals surface area (Å²) in [5.74, 6) is 0.552. The maximum Gasteiger partial charge on any atom is 0.190 e. The first kappa shape index (κ1) is 11.6. The maximum atomic E-state index is 6.05. The minimum absolute atomic E-state index is 0.552. The van der Waals surface area contributed by atoms with Crippen molar-refractivity contribution >= 4 is 8.32 Å². The molecule has 0 spiro atoms. The molecule has 2 heteroatoms. The zero-order valence-electron chi connectivity index (χ0n) is 10.1. The van der Waals surface area contributed by atoms with E-state index in [0.717, 1.165) is 19.1 Å². The molecule has 16 heavy (non-hydrogen) atoms. The van der Waals surface area contributed by atoms with Crippen molar-refractivity contribution < 1.29 is 4.43 Å². The van der Waals surface area contributed by atoms with Crippen LogP contribution in [0.15, 0.2) is 42.5 Å². The van der Waals surface area contributed by atoms with Gasteiger partial charge in [-0.25, -0.2) is 0 Å². The summed E-state index contributed by atoms with van der Waals surface area (Å²) >= 11 is 0. The predicted molar refractivity (Wildman–Crippen MR) is 71.0 cm³/mol. The van der Waals surface area contributed by atoms with Gasteiger partial charge < -0.3 is 4.43 Å². The van der Waals surface area contributed by atoms with Gasteiger partial charge in [0.25, 0.3) is 0 Å². The zero-order valence-corrected chi connectivity index (χ0v) is 11.1. The van der Waals surface area contributed by atoms with E-state index in [1.54, 1.807) is 0 Å². The summed E-state index contributed by atoms with van der Waals surface area (Å²) in [6.45, 7) is 5.48. The van der Waals surface area contributed by atoms with Gasteiger partial charge in [-0.05, 0) is 31.1 Å². The second kappa shape index (κ2) is 4.98. The fourth-order valence-electron chi connectivity index (χ4n) is 2.04. The monoisotopic (exact) mass is 232 g/mol. The van der Waals surface area contributed by atoms with E-state index in [0.29, 0.717) is 5.92 Å². The van der Waals surface area contributed by atoms with E-state index < -0.39 is 8.32 Å². The third kappa shape index (κ3) is 3.32. The highest BCUT2D eigenvalue weighted by molar-refractivity contribution is 6.71. The second-order valence-corrected chi connectivity index (χ2v) is 9.37. The maximum absolute atomic E-state index is 6.05. The van der Waals surface area contributed by atoms with Gasteiger partial charge in [0.15, 0.2) is 8.32 Å². The summed E-state index contributed by atoms with van der Waals surface area (Å²) in [6.07, 6.45) is 5.77. The summed E-state index contributed by atoms with van der Waals surface area (Å²) in [7, 11) is -1.39. The molecule has 0 aliphatic carbocycles. The Morgan fingerprint density at radius 2 is 2.00 bits per heavy atom. The zero-order chi connectivity index (χ0) is 11.4. The molecule has 0 aromatic heterocycles. The van der Waals surface area contributed by atoms with E-state index in [-0.39, 0.29) is 0 Å². The van der Waals surface area contributed by atoms with Gasteiger partial charge in [0.1, 0.15) is 0 Å². The molecule has 0 radical (unpaired) electrons. The topological polar surface area (TPSA) is 9.23 Å². The van der Waals surface area contributed by atoms with Crippen LogP contribution >= 0.6 is 0 Å². The SMILES string of the molecule is C[Si]1(C)CC=CC(Cc2ccccc2)CO1. The van der Waals surface area contributed by atoms with Crippen LogP contribution in [0.1, 0.15) is 5.56 Å². The fourth-order valence-corrected chi connectivity index (χ4v) is 3.52. The van der Waals surface area contributed by atoms with Crippen LogP contribution in [0.5, 0.6) is 0 Å². The lowest BCUT2D eigenvalue weighted by Crippen LogP contribution is -2.30. The lowest BCUT2D eigenvalue weighted by atomic mass is 10.00. The van der Waals surface area contributed by atoms with Gasteiger partial charge in [-0.2, -0.15) is 0 Å². The minimum atomic E-state index is -1.39. The van der Waals surface area contributed by atoms with Gasteiger partial charge in [0.05, 0.1) is 0 Å². The molecular weight excluding hydrogens is 212 g/mol. The summed E-state index contributed by atoms with van der Waals surface area (Å²) in [5, 5.41) is 0. The van der Waals surface area contributed by atoms with Gasteiger partial charge in [-0.3, -0.25) is 0 Å². The summed E-state index contributed by atoms with van der Waals surface area (Å²) < 4.78 is 6.05. The number of allylic oxidation sites excluding steroid dienone is 1. The van der Waals surface area contributed by atoms with Crippen LogP contribution in [0.25, 0.3) is 0 Å². The van der Waals surface area contributed by atoms with Crippen LogP contribution in [-0.2, 0) is 10.8 Å². The van der Waals surface area contributed by atoms with E-state index in [9.17, 15) is 0 Å². The van der Waals surface area contributed by atoms with Crippen molar-refractivity contribution in [2.24, 2.45) is 5.92 Å². The molecule has 1 aliphatic rings. The lowest BCUT2D eigenvalue weighted by Gasteiger charge is -2.21. The molecule has 0 N–H and O–H groups in total. The van der Waals surface area contributed by atoms with Crippen LogP contribution in [-0.4, -0.2) is 14.9 Å². The Bertz CT molecular complexity index is 356. The molecule has 0 amide bonds. The molecule has 1 aromatic carbocycles. The van der Waals surface area contributed by atoms with Crippen LogP contribution in [0, 0.1) is 5.92 Å². The van der Waals surface area contributed by atoms with Crippen molar-refractivity contribution in [3.63, 3.8) is 0 Å². The molecule has 2 rings (SSSR count). The van der Waals surface area contributed by atoms with Crippen LogP contribution in [0.2, 0.25) is 19.1 Å². The third-order valence-corrected chi connectivity index (χ3v) is 5.21. The Morgan fingerprint density at radius 3 is 2.75 bits per heavy atom. The predicted octanol–water partition coefficient (Wildman–Crippen LogP) is 3.64. The molecule has 0 saturated heterocycles. The molecule has 86 valence electrons. The average molecular weight is 232 g/mol. The summed E-state index contributed by atoms with van der Waals surface area (Å²) in [5.41, 5.74) is 1.40. The lowest BCUT2D eigenvalue weighted by molar-refractivity contribution is 0.270. The van der Waals surface area contributed by atoms with Crippen molar-refractivity contribution in [3.05, 3.63) is 48.0 Å². The molecule has 1 heterocycles. The van der Waals surface area contributed by atoms with Crippen molar-refractivity contribution in [1.29, 1.82) is 0 Å². The molecule has 0 bridgehead atoms. The number of benzene rings is 1. The van der Waals surface area contributed by atoms with Gasteiger partial charge in [-0.15, -0.1) is 0 Å². The summed E-state index contributed by atoms with van der Waals surface area (Å²) in [6, 6.07) is 11.8. The van der Waals surface area contributed by atoms with Gasteiger partial charge in [0.2, 0.25) is 0 Å². The Morgan fingerprint density at radius 1 is 1.25 bits per heavy atom. The minimum Gasteiger partial charge on any atom is -0.416 e. The quantitative estimate of drug-likeness (QED) is 0.559. The van der Waals surface area contributed by atoms with E-state index in [1.165, 1.54) is 5.56 Å². The van der Waals surface area contributed by atoms with E-state index in [1.807, 2.05) is 0 Å². The third-order valence-electron chi connectivity index (χ3n) is 3.05. The Kier molecular flexibility index (Phi) is 3.61. The molecule has 0 fully saturated rings. The fraction of sp³-hybridized carbons (Fsp3) is 0.429. The average Bonchev–Trinajstić information content (AvgIpc) is 2.42. The van der Waals surface area contributed by atoms with Crippen molar-refractivity contribution in [1.82, 2.24) is 0 Å². The number of hydrogen-bond acceptors (Lipinski definition) is 1. The molecule has 1 aliphatic heterocycles. The largest absolute Gasteiger partial charge is 0.416 e. The van der Waals surface area contributed by atoms with Crippen LogP contribution in [0.4, 0.5) is 0 Å². The van der Waals surface area contributed by atoms with Gasteiger partial charge in [-0.1, -0.05) is 42.5 Å². The normalized spacial score (nSPS) is 24.0. The molecular formula is C14H20OSi. The van der Waals surface area contributed by atoms with Crippen molar-refractivity contribution in [3.8, 4) is 0 Å². The van der Waals surface area contributed by atoms with Crippen LogP contribution in [0.3, 0.4) is 0 Å². The van der Waals surface area contributed by atoms with Gasteiger partial charge >= 0.3 is 0 Å². The van der Waals surface area contributed by atoms with E-state index in [2.05, 4.69) is 55.6 Å². The Hall–Kier alpha value is -0.863. The van der Waals surface area contributed by atoms with Gasteiger partial charge in [0, 0.05) is 12.5 Å².